The Bertz CT molecular complexity index is 254. The molecule has 102 valence electrons. The van der Waals surface area contributed by atoms with Crippen LogP contribution in [0.4, 0.5) is 26.3 Å². The Hall–Kier alpha value is -0.640. The van der Waals surface area contributed by atoms with E-state index in [1.165, 1.54) is 0 Å². The van der Waals surface area contributed by atoms with Crippen LogP contribution in [0.15, 0.2) is 0 Å². The zero-order valence-corrected chi connectivity index (χ0v) is 9.05. The van der Waals surface area contributed by atoms with E-state index in [9.17, 15) is 31.1 Å². The number of hydrogen-bond donors (Lipinski definition) is 2. The second kappa shape index (κ2) is 6.34. The summed E-state index contributed by atoms with van der Waals surface area (Å²) in [5.74, 6) is -5.15. The Morgan fingerprint density at radius 1 is 1.24 bits per heavy atom. The van der Waals surface area contributed by atoms with Crippen molar-refractivity contribution in [1.82, 2.24) is 5.32 Å². The number of carboxylic acid groups (broad SMARTS) is 1. The third-order valence-electron chi connectivity index (χ3n) is 1.59. The van der Waals surface area contributed by atoms with E-state index in [1.54, 1.807) is 0 Å². The SMILES string of the molecule is O=C(O)C(CNCCSC(F)(F)F)C(F)(F)F. The number of alkyl halides is 6. The van der Waals surface area contributed by atoms with E-state index in [-0.39, 0.29) is 6.54 Å². The number of thioether (sulfide) groups is 1. The van der Waals surface area contributed by atoms with Gasteiger partial charge in [-0.1, -0.05) is 0 Å². The molecular weight excluding hydrogens is 276 g/mol. The predicted octanol–water partition coefficient (Wildman–Crippen LogP) is 2.09. The summed E-state index contributed by atoms with van der Waals surface area (Å²) in [5, 5.41) is 10.3. The monoisotopic (exact) mass is 285 g/mol. The van der Waals surface area contributed by atoms with Crippen LogP contribution in [0.3, 0.4) is 0 Å². The highest BCUT2D eigenvalue weighted by molar-refractivity contribution is 8.00. The number of nitrogens with one attached hydrogen (secondary N) is 1. The molecular formula is C7H9F6NO2S. The molecule has 0 saturated carbocycles. The van der Waals surface area contributed by atoms with Crippen molar-refractivity contribution >= 4 is 17.7 Å². The van der Waals surface area contributed by atoms with Crippen LogP contribution in [0.2, 0.25) is 0 Å². The molecule has 0 fully saturated rings. The van der Waals surface area contributed by atoms with Crippen molar-refractivity contribution in [1.29, 1.82) is 0 Å². The van der Waals surface area contributed by atoms with Crippen LogP contribution < -0.4 is 5.32 Å². The lowest BCUT2D eigenvalue weighted by atomic mass is 10.1. The molecule has 0 heterocycles. The minimum Gasteiger partial charge on any atom is -0.481 e. The molecule has 0 aliphatic carbocycles. The third kappa shape index (κ3) is 8.13. The van der Waals surface area contributed by atoms with Crippen LogP contribution in [-0.2, 0) is 4.79 Å². The molecule has 0 aromatic heterocycles. The summed E-state index contributed by atoms with van der Waals surface area (Å²) < 4.78 is 71.0. The molecule has 0 aliphatic rings. The lowest BCUT2D eigenvalue weighted by Crippen LogP contribution is -2.39. The summed E-state index contributed by atoms with van der Waals surface area (Å²) in [5.41, 5.74) is -4.45. The normalized spacial score (nSPS) is 14.7. The lowest BCUT2D eigenvalue weighted by molar-refractivity contribution is -0.192. The number of hydrogen-bond acceptors (Lipinski definition) is 3. The molecule has 0 aromatic rings. The smallest absolute Gasteiger partial charge is 0.441 e. The second-order valence-electron chi connectivity index (χ2n) is 2.93. The largest absolute Gasteiger partial charge is 0.481 e. The highest BCUT2D eigenvalue weighted by Gasteiger charge is 2.44. The summed E-state index contributed by atoms with van der Waals surface area (Å²) in [7, 11) is 0. The fraction of sp³-hybridized carbons (Fsp3) is 0.857. The van der Waals surface area contributed by atoms with Gasteiger partial charge in [0.1, 0.15) is 0 Å². The van der Waals surface area contributed by atoms with Crippen molar-refractivity contribution in [3.63, 3.8) is 0 Å². The first-order chi connectivity index (χ1) is 7.54. The van der Waals surface area contributed by atoms with Gasteiger partial charge in [0.15, 0.2) is 5.92 Å². The van der Waals surface area contributed by atoms with E-state index < -0.39 is 47.6 Å². The lowest BCUT2D eigenvalue weighted by Gasteiger charge is -2.16. The second-order valence-corrected chi connectivity index (χ2v) is 4.09. The fourth-order valence-electron chi connectivity index (χ4n) is 0.828. The minimum absolute atomic E-state index is 0.357. The Balaban J connectivity index is 3.90. The summed E-state index contributed by atoms with van der Waals surface area (Å²) >= 11 is -0.390. The van der Waals surface area contributed by atoms with Gasteiger partial charge in [-0.05, 0) is 11.8 Å². The molecule has 0 rings (SSSR count). The number of rotatable bonds is 6. The van der Waals surface area contributed by atoms with Gasteiger partial charge in [0, 0.05) is 18.8 Å². The van der Waals surface area contributed by atoms with Crippen LogP contribution in [-0.4, -0.2) is 41.6 Å². The predicted molar refractivity (Wildman–Crippen MR) is 48.6 cm³/mol. The van der Waals surface area contributed by atoms with Crippen LogP contribution in [0.25, 0.3) is 0 Å². The standard InChI is InChI=1S/C7H9F6NO2S/c8-6(9,10)4(5(15)16)3-14-1-2-17-7(11,12)13/h4,14H,1-3H2,(H,15,16). The van der Waals surface area contributed by atoms with Crippen LogP contribution >= 0.6 is 11.8 Å². The van der Waals surface area contributed by atoms with E-state index in [1.807, 2.05) is 5.32 Å². The van der Waals surface area contributed by atoms with E-state index in [0.717, 1.165) is 0 Å². The van der Waals surface area contributed by atoms with Gasteiger partial charge in [-0.25, -0.2) is 0 Å². The average Bonchev–Trinajstić information content (AvgIpc) is 2.05. The topological polar surface area (TPSA) is 49.3 Å². The molecule has 0 saturated heterocycles. The molecule has 0 aromatic carbocycles. The van der Waals surface area contributed by atoms with Crippen LogP contribution in [0, 0.1) is 5.92 Å². The first kappa shape index (κ1) is 16.4. The van der Waals surface area contributed by atoms with Crippen molar-refractivity contribution in [2.45, 2.75) is 11.7 Å². The first-order valence-corrected chi connectivity index (χ1v) is 5.23. The molecule has 0 amide bonds. The summed E-state index contributed by atoms with van der Waals surface area (Å²) in [6, 6.07) is 0. The van der Waals surface area contributed by atoms with Gasteiger partial charge in [-0.3, -0.25) is 4.79 Å². The zero-order valence-electron chi connectivity index (χ0n) is 8.23. The van der Waals surface area contributed by atoms with Gasteiger partial charge in [0.2, 0.25) is 0 Å². The molecule has 0 spiro atoms. The van der Waals surface area contributed by atoms with Gasteiger partial charge < -0.3 is 10.4 Å². The molecule has 17 heavy (non-hydrogen) atoms. The number of halogens is 6. The average molecular weight is 285 g/mol. The van der Waals surface area contributed by atoms with Gasteiger partial charge >= 0.3 is 17.7 Å². The zero-order chi connectivity index (χ0) is 13.7. The molecule has 2 N–H and O–H groups in total. The molecule has 3 nitrogen and oxygen atoms in total. The Kier molecular flexibility index (Phi) is 6.10. The van der Waals surface area contributed by atoms with Crippen molar-refractivity contribution in [2.75, 3.05) is 18.8 Å². The highest BCUT2D eigenvalue weighted by Crippen LogP contribution is 2.29. The number of carboxylic acids is 1. The molecule has 10 heteroatoms. The molecule has 1 atom stereocenters. The maximum atomic E-state index is 12.1. The van der Waals surface area contributed by atoms with Crippen molar-refractivity contribution in [3.05, 3.63) is 0 Å². The van der Waals surface area contributed by atoms with E-state index in [4.69, 9.17) is 5.11 Å². The Morgan fingerprint density at radius 3 is 2.12 bits per heavy atom. The van der Waals surface area contributed by atoms with Crippen LogP contribution in [0.5, 0.6) is 0 Å². The minimum atomic E-state index is -4.92. The van der Waals surface area contributed by atoms with Gasteiger partial charge in [-0.15, -0.1) is 0 Å². The summed E-state index contributed by atoms with van der Waals surface area (Å²) in [6.07, 6.45) is -4.92. The van der Waals surface area contributed by atoms with Crippen LogP contribution in [0.1, 0.15) is 0 Å². The van der Waals surface area contributed by atoms with Gasteiger partial charge in [0.05, 0.1) is 0 Å². The Morgan fingerprint density at radius 2 is 1.76 bits per heavy atom. The molecule has 0 bridgehead atoms. The Labute approximate surface area is 96.6 Å². The maximum absolute atomic E-state index is 12.1. The van der Waals surface area contributed by atoms with E-state index >= 15 is 0 Å². The molecule has 0 radical (unpaired) electrons. The summed E-state index contributed by atoms with van der Waals surface area (Å²) in [4.78, 5) is 10.2. The fourth-order valence-corrected chi connectivity index (χ4v) is 1.31. The number of carbonyl (C=O) groups is 1. The van der Waals surface area contributed by atoms with E-state index in [2.05, 4.69) is 0 Å². The van der Waals surface area contributed by atoms with Crippen molar-refractivity contribution < 1.29 is 36.2 Å². The van der Waals surface area contributed by atoms with E-state index in [0.29, 0.717) is 0 Å². The summed E-state index contributed by atoms with van der Waals surface area (Å²) in [6.45, 7) is -1.30. The number of aliphatic carboxylic acids is 1. The third-order valence-corrected chi connectivity index (χ3v) is 2.32. The quantitative estimate of drug-likeness (QED) is 0.579. The highest BCUT2D eigenvalue weighted by atomic mass is 32.2. The maximum Gasteiger partial charge on any atom is 0.441 e. The molecule has 1 unspecified atom stereocenters. The van der Waals surface area contributed by atoms with Gasteiger partial charge in [0.25, 0.3) is 0 Å². The van der Waals surface area contributed by atoms with Crippen molar-refractivity contribution in [2.24, 2.45) is 5.92 Å². The van der Waals surface area contributed by atoms with Gasteiger partial charge in [-0.2, -0.15) is 26.3 Å². The molecule has 0 aliphatic heterocycles. The van der Waals surface area contributed by atoms with Crippen molar-refractivity contribution in [3.8, 4) is 0 Å². The first-order valence-electron chi connectivity index (χ1n) is 4.25.